The Balaban J connectivity index is 2.90. The summed E-state index contributed by atoms with van der Waals surface area (Å²) in [5, 5.41) is 9.02. The molecule has 4 nitrogen and oxygen atoms in total. The van der Waals surface area contributed by atoms with Gasteiger partial charge < -0.3 is 9.84 Å². The van der Waals surface area contributed by atoms with Gasteiger partial charge in [0, 0.05) is 0 Å². The number of carboxylic acid groups (broad SMARTS) is 1. The van der Waals surface area contributed by atoms with E-state index in [-0.39, 0.29) is 6.04 Å². The van der Waals surface area contributed by atoms with Gasteiger partial charge in [-0.2, -0.15) is 0 Å². The maximum atomic E-state index is 11.0. The van der Waals surface area contributed by atoms with Crippen molar-refractivity contribution in [2.24, 2.45) is 0 Å². The van der Waals surface area contributed by atoms with E-state index in [2.05, 4.69) is 31.9 Å². The summed E-state index contributed by atoms with van der Waals surface area (Å²) in [5.41, 5.74) is -0.761. The normalized spacial score (nSPS) is 24.9. The Morgan fingerprint density at radius 3 is 2.64 bits per heavy atom. The smallest absolute Gasteiger partial charge is 0.410 e. The van der Waals surface area contributed by atoms with Gasteiger partial charge >= 0.3 is 6.09 Å². The lowest BCUT2D eigenvalue weighted by atomic mass is 10.2. The van der Waals surface area contributed by atoms with Crippen molar-refractivity contribution in [2.75, 3.05) is 6.61 Å². The van der Waals surface area contributed by atoms with E-state index in [4.69, 9.17) is 9.84 Å². The van der Waals surface area contributed by atoms with Crippen LogP contribution in [-0.2, 0) is 4.74 Å². The van der Waals surface area contributed by atoms with Crippen molar-refractivity contribution in [1.29, 1.82) is 0 Å². The van der Waals surface area contributed by atoms with Gasteiger partial charge in [0.2, 0.25) is 0 Å². The second-order valence-corrected chi connectivity index (χ2v) is 6.21. The number of carbonyl (C=O) groups is 1. The van der Waals surface area contributed by atoms with E-state index in [0.717, 1.165) is 3.39 Å². The molecule has 0 spiro atoms. The molecule has 0 aromatic heterocycles. The van der Waals surface area contributed by atoms with Crippen molar-refractivity contribution >= 4 is 38.0 Å². The molecule has 1 aliphatic heterocycles. The zero-order valence-corrected chi connectivity index (χ0v) is 11.0. The van der Waals surface area contributed by atoms with Crippen molar-refractivity contribution in [3.05, 3.63) is 9.47 Å². The van der Waals surface area contributed by atoms with Crippen LogP contribution >= 0.6 is 31.9 Å². The van der Waals surface area contributed by atoms with Gasteiger partial charge in [0.15, 0.2) is 0 Å². The molecule has 14 heavy (non-hydrogen) atoms. The number of rotatable bonds is 1. The summed E-state index contributed by atoms with van der Waals surface area (Å²) in [4.78, 5) is 12.3. The lowest BCUT2D eigenvalue weighted by Crippen LogP contribution is -2.46. The van der Waals surface area contributed by atoms with Gasteiger partial charge in [-0.15, -0.1) is 0 Å². The third-order valence-corrected chi connectivity index (χ3v) is 2.57. The number of ether oxygens (including phenoxy) is 1. The molecule has 1 fully saturated rings. The van der Waals surface area contributed by atoms with Crippen LogP contribution in [0.4, 0.5) is 4.79 Å². The molecule has 1 heterocycles. The second-order valence-electron chi connectivity index (χ2n) is 3.43. The molecule has 0 bridgehead atoms. The molecule has 1 aliphatic rings. The summed E-state index contributed by atoms with van der Waals surface area (Å²) in [6.07, 6.45) is 0.776. The van der Waals surface area contributed by atoms with Crippen molar-refractivity contribution < 1.29 is 14.6 Å². The number of nitrogens with zero attached hydrogens (tertiary/aromatic N) is 1. The van der Waals surface area contributed by atoms with Crippen molar-refractivity contribution in [3.8, 4) is 0 Å². The highest BCUT2D eigenvalue weighted by Crippen LogP contribution is 2.29. The molecule has 1 saturated heterocycles. The van der Waals surface area contributed by atoms with E-state index >= 15 is 0 Å². The highest BCUT2D eigenvalue weighted by atomic mass is 79.9. The maximum Gasteiger partial charge on any atom is 0.410 e. The standard InChI is InChI=1S/C8H11Br2NO3/c1-8(2)11(7(12)13)5(4-14-8)3-6(9)10/h3,5H,4H2,1-2H3,(H,12,13)/t5-/m0/s1. The largest absolute Gasteiger partial charge is 0.465 e. The molecule has 0 aliphatic carbocycles. The molecule has 0 aromatic rings. The van der Waals surface area contributed by atoms with Crippen LogP contribution in [0.3, 0.4) is 0 Å². The first kappa shape index (κ1) is 12.0. The Morgan fingerprint density at radius 1 is 1.64 bits per heavy atom. The van der Waals surface area contributed by atoms with Gasteiger partial charge in [-0.25, -0.2) is 4.79 Å². The fourth-order valence-corrected chi connectivity index (χ4v) is 2.08. The lowest BCUT2D eigenvalue weighted by Gasteiger charge is -2.29. The second kappa shape index (κ2) is 4.20. The number of amides is 1. The van der Waals surface area contributed by atoms with Crippen LogP contribution < -0.4 is 0 Å². The van der Waals surface area contributed by atoms with E-state index in [1.54, 1.807) is 19.9 Å². The topological polar surface area (TPSA) is 49.8 Å². The summed E-state index contributed by atoms with van der Waals surface area (Å²) < 4.78 is 6.11. The summed E-state index contributed by atoms with van der Waals surface area (Å²) in [7, 11) is 0. The van der Waals surface area contributed by atoms with E-state index in [0.29, 0.717) is 6.61 Å². The Bertz CT molecular complexity index is 274. The molecule has 0 saturated carbocycles. The van der Waals surface area contributed by atoms with E-state index in [1.807, 2.05) is 0 Å². The number of hydrogen-bond acceptors (Lipinski definition) is 2. The number of hydrogen-bond donors (Lipinski definition) is 1. The average molecular weight is 329 g/mol. The molecule has 1 atom stereocenters. The first-order chi connectivity index (χ1) is 6.34. The maximum absolute atomic E-state index is 11.0. The minimum atomic E-state index is -0.977. The van der Waals surface area contributed by atoms with Crippen LogP contribution in [0.1, 0.15) is 13.8 Å². The zero-order chi connectivity index (χ0) is 10.9. The molecule has 0 radical (unpaired) electrons. The molecule has 0 aromatic carbocycles. The van der Waals surface area contributed by atoms with Gasteiger partial charge in [-0.1, -0.05) is 0 Å². The summed E-state index contributed by atoms with van der Waals surface area (Å²) in [6.45, 7) is 3.84. The third-order valence-electron chi connectivity index (χ3n) is 2.04. The molecule has 1 amide bonds. The van der Waals surface area contributed by atoms with Gasteiger partial charge in [0.25, 0.3) is 0 Å². The minimum absolute atomic E-state index is 0.253. The summed E-state index contributed by atoms with van der Waals surface area (Å²) in [5.74, 6) is 0. The highest BCUT2D eigenvalue weighted by molar-refractivity contribution is 9.28. The molecular formula is C8H11Br2NO3. The fourth-order valence-electron chi connectivity index (χ4n) is 1.47. The van der Waals surface area contributed by atoms with Crippen LogP contribution in [-0.4, -0.2) is 34.5 Å². The van der Waals surface area contributed by atoms with E-state index in [9.17, 15) is 4.79 Å². The molecule has 1 N–H and O–H groups in total. The highest BCUT2D eigenvalue weighted by Gasteiger charge is 2.42. The molecule has 80 valence electrons. The van der Waals surface area contributed by atoms with Crippen molar-refractivity contribution in [3.63, 3.8) is 0 Å². The minimum Gasteiger partial charge on any atom is -0.465 e. The van der Waals surface area contributed by atoms with Crippen LogP contribution in [0.2, 0.25) is 0 Å². The van der Waals surface area contributed by atoms with Gasteiger partial charge in [-0.05, 0) is 51.8 Å². The molecule has 1 rings (SSSR count). The predicted molar refractivity (Wildman–Crippen MR) is 59.6 cm³/mol. The Hall–Kier alpha value is -0.0700. The van der Waals surface area contributed by atoms with E-state index < -0.39 is 11.8 Å². The quantitative estimate of drug-likeness (QED) is 0.805. The first-order valence-electron chi connectivity index (χ1n) is 4.03. The van der Waals surface area contributed by atoms with Crippen LogP contribution in [0.5, 0.6) is 0 Å². The summed E-state index contributed by atoms with van der Waals surface area (Å²) in [6, 6.07) is -0.253. The van der Waals surface area contributed by atoms with Crippen molar-refractivity contribution in [1.82, 2.24) is 4.90 Å². The van der Waals surface area contributed by atoms with Crippen LogP contribution in [0, 0.1) is 0 Å². The Morgan fingerprint density at radius 2 is 2.21 bits per heavy atom. The molecule has 0 unspecified atom stereocenters. The molecular weight excluding hydrogens is 318 g/mol. The monoisotopic (exact) mass is 327 g/mol. The average Bonchev–Trinajstić information content (AvgIpc) is 2.24. The number of halogens is 2. The van der Waals surface area contributed by atoms with Gasteiger partial charge in [0.1, 0.15) is 5.72 Å². The summed E-state index contributed by atoms with van der Waals surface area (Å²) >= 11 is 6.40. The predicted octanol–water partition coefficient (Wildman–Crippen LogP) is 2.73. The van der Waals surface area contributed by atoms with Gasteiger partial charge in [0.05, 0.1) is 16.0 Å². The lowest BCUT2D eigenvalue weighted by molar-refractivity contribution is -0.0409. The zero-order valence-electron chi connectivity index (χ0n) is 7.83. The van der Waals surface area contributed by atoms with E-state index in [1.165, 1.54) is 4.90 Å². The van der Waals surface area contributed by atoms with Gasteiger partial charge in [-0.3, -0.25) is 4.90 Å². The van der Waals surface area contributed by atoms with Crippen LogP contribution in [0.25, 0.3) is 0 Å². The third kappa shape index (κ3) is 2.49. The fraction of sp³-hybridized carbons (Fsp3) is 0.625. The van der Waals surface area contributed by atoms with Crippen molar-refractivity contribution in [2.45, 2.75) is 25.6 Å². The molecule has 6 heteroatoms. The SMILES string of the molecule is CC1(C)OC[C@H](C=C(Br)Br)N1C(=O)O. The Labute approximate surface area is 99.2 Å². The van der Waals surface area contributed by atoms with Crippen LogP contribution in [0.15, 0.2) is 9.47 Å². The Kier molecular flexibility index (Phi) is 3.60. The first-order valence-corrected chi connectivity index (χ1v) is 5.62.